The van der Waals surface area contributed by atoms with Gasteiger partial charge in [-0.2, -0.15) is 0 Å². The Morgan fingerprint density at radius 2 is 2.24 bits per heavy atom. The molecular formula is C14H18ClN5S. The van der Waals surface area contributed by atoms with E-state index < -0.39 is 0 Å². The molecule has 0 saturated heterocycles. The maximum absolute atomic E-state index is 6.38. The minimum atomic E-state index is 0.429. The second-order valence-electron chi connectivity index (χ2n) is 5.50. The molecule has 1 fully saturated rings. The summed E-state index contributed by atoms with van der Waals surface area (Å²) in [5.41, 5.74) is 1.17. The van der Waals surface area contributed by atoms with Gasteiger partial charge in [0.15, 0.2) is 0 Å². The molecule has 0 radical (unpaired) electrons. The summed E-state index contributed by atoms with van der Waals surface area (Å²) >= 11 is 7.93. The Balaban J connectivity index is 1.84. The van der Waals surface area contributed by atoms with E-state index in [1.54, 1.807) is 11.8 Å². The van der Waals surface area contributed by atoms with E-state index in [-0.39, 0.29) is 0 Å². The van der Waals surface area contributed by atoms with Gasteiger partial charge in [0.2, 0.25) is 5.16 Å². The zero-order chi connectivity index (χ0) is 14.8. The van der Waals surface area contributed by atoms with Crippen molar-refractivity contribution in [2.24, 2.45) is 0 Å². The first-order chi connectivity index (χ1) is 10.1. The van der Waals surface area contributed by atoms with Crippen LogP contribution < -0.4 is 5.32 Å². The third-order valence-corrected chi connectivity index (χ3v) is 4.86. The van der Waals surface area contributed by atoms with Crippen molar-refractivity contribution in [3.63, 3.8) is 0 Å². The van der Waals surface area contributed by atoms with E-state index in [9.17, 15) is 0 Å². The van der Waals surface area contributed by atoms with E-state index in [0.29, 0.717) is 12.1 Å². The largest absolute Gasteiger partial charge is 0.310 e. The maximum Gasteiger partial charge on any atom is 0.214 e. The fourth-order valence-corrected chi connectivity index (χ4v) is 3.30. The second kappa shape index (κ2) is 6.34. The van der Waals surface area contributed by atoms with Crippen LogP contribution in [0.5, 0.6) is 0 Å². The number of hydrogen-bond acceptors (Lipinski definition) is 5. The third-order valence-electron chi connectivity index (χ3n) is 3.30. The molecule has 0 aliphatic heterocycles. The molecule has 1 N–H and O–H groups in total. The van der Waals surface area contributed by atoms with Crippen LogP contribution >= 0.6 is 23.4 Å². The number of rotatable bonds is 6. The van der Waals surface area contributed by atoms with Gasteiger partial charge in [-0.15, -0.1) is 5.10 Å². The topological polar surface area (TPSA) is 55.6 Å². The molecule has 0 bridgehead atoms. The Hall–Kier alpha value is -1.11. The lowest BCUT2D eigenvalue weighted by Gasteiger charge is -2.13. The highest BCUT2D eigenvalue weighted by Gasteiger charge is 2.28. The summed E-state index contributed by atoms with van der Waals surface area (Å²) in [4.78, 5) is 1.03. The van der Waals surface area contributed by atoms with Crippen LogP contribution in [-0.4, -0.2) is 26.2 Å². The minimum Gasteiger partial charge on any atom is -0.310 e. The van der Waals surface area contributed by atoms with Gasteiger partial charge in [0.25, 0.3) is 0 Å². The molecule has 1 aromatic carbocycles. The van der Waals surface area contributed by atoms with Crippen molar-refractivity contribution in [2.75, 3.05) is 0 Å². The molecular weight excluding hydrogens is 306 g/mol. The summed E-state index contributed by atoms with van der Waals surface area (Å²) in [5.74, 6) is 0. The minimum absolute atomic E-state index is 0.429. The van der Waals surface area contributed by atoms with Crippen LogP contribution in [0.1, 0.15) is 38.3 Å². The average molecular weight is 324 g/mol. The SMILES string of the molecule is CC(C)NCc1cccc(Cl)c1Sc1nnnn1C1CC1. The van der Waals surface area contributed by atoms with Crippen LogP contribution in [0.4, 0.5) is 0 Å². The van der Waals surface area contributed by atoms with Crippen molar-refractivity contribution in [2.45, 2.75) is 55.4 Å². The number of tetrazole rings is 1. The monoisotopic (exact) mass is 323 g/mol. The molecule has 7 heteroatoms. The van der Waals surface area contributed by atoms with Crippen molar-refractivity contribution in [3.8, 4) is 0 Å². The van der Waals surface area contributed by atoms with Crippen LogP contribution in [0, 0.1) is 0 Å². The molecule has 1 aromatic heterocycles. The molecule has 0 atom stereocenters. The highest BCUT2D eigenvalue weighted by molar-refractivity contribution is 7.99. The van der Waals surface area contributed by atoms with Gasteiger partial charge >= 0.3 is 0 Å². The Kier molecular flexibility index (Phi) is 4.47. The lowest BCUT2D eigenvalue weighted by Crippen LogP contribution is -2.22. The number of nitrogens with one attached hydrogen (secondary N) is 1. The van der Waals surface area contributed by atoms with Crippen LogP contribution in [0.25, 0.3) is 0 Å². The molecule has 0 unspecified atom stereocenters. The predicted molar refractivity (Wildman–Crippen MR) is 83.6 cm³/mol. The average Bonchev–Trinajstić information content (AvgIpc) is 3.19. The van der Waals surface area contributed by atoms with Crippen molar-refractivity contribution < 1.29 is 0 Å². The number of nitrogens with zero attached hydrogens (tertiary/aromatic N) is 4. The third kappa shape index (κ3) is 3.56. The van der Waals surface area contributed by atoms with Gasteiger partial charge in [0, 0.05) is 17.5 Å². The number of hydrogen-bond donors (Lipinski definition) is 1. The molecule has 1 aliphatic carbocycles. The molecule has 1 aliphatic rings. The first-order valence-corrected chi connectivity index (χ1v) is 8.31. The molecule has 112 valence electrons. The maximum atomic E-state index is 6.38. The summed E-state index contributed by atoms with van der Waals surface area (Å²) in [6.07, 6.45) is 2.31. The Morgan fingerprint density at radius 3 is 2.95 bits per heavy atom. The molecule has 21 heavy (non-hydrogen) atoms. The van der Waals surface area contributed by atoms with Gasteiger partial charge in [-0.1, -0.05) is 37.6 Å². The molecule has 3 rings (SSSR count). The summed E-state index contributed by atoms with van der Waals surface area (Å²) in [6, 6.07) is 6.87. The fraction of sp³-hybridized carbons (Fsp3) is 0.500. The standard InChI is InChI=1S/C14H18ClN5S/c1-9(2)16-8-10-4-3-5-12(15)13(10)21-14-17-18-19-20(14)11-6-7-11/h3-5,9,11,16H,6-8H2,1-2H3. The van der Waals surface area contributed by atoms with Gasteiger partial charge in [-0.25, -0.2) is 4.68 Å². The molecule has 1 heterocycles. The van der Waals surface area contributed by atoms with Crippen molar-refractivity contribution in [3.05, 3.63) is 28.8 Å². The van der Waals surface area contributed by atoms with Gasteiger partial charge < -0.3 is 5.32 Å². The molecule has 5 nitrogen and oxygen atoms in total. The van der Waals surface area contributed by atoms with Gasteiger partial charge in [-0.3, -0.25) is 0 Å². The van der Waals surface area contributed by atoms with E-state index in [0.717, 1.165) is 34.5 Å². The van der Waals surface area contributed by atoms with Crippen LogP contribution in [0.2, 0.25) is 5.02 Å². The number of aromatic nitrogens is 4. The lowest BCUT2D eigenvalue weighted by molar-refractivity contribution is 0.565. The van der Waals surface area contributed by atoms with Gasteiger partial charge in [0.1, 0.15) is 0 Å². The summed E-state index contributed by atoms with van der Waals surface area (Å²) in [6.45, 7) is 5.04. The molecule has 1 saturated carbocycles. The normalized spacial score (nSPS) is 14.9. The zero-order valence-corrected chi connectivity index (χ0v) is 13.7. The smallest absolute Gasteiger partial charge is 0.214 e. The second-order valence-corrected chi connectivity index (χ2v) is 6.89. The molecule has 0 spiro atoms. The van der Waals surface area contributed by atoms with Crippen LogP contribution in [-0.2, 0) is 6.54 Å². The summed E-state index contributed by atoms with van der Waals surface area (Å²) in [7, 11) is 0. The van der Waals surface area contributed by atoms with Gasteiger partial charge in [0.05, 0.1) is 11.1 Å². The van der Waals surface area contributed by atoms with E-state index in [4.69, 9.17) is 11.6 Å². The Labute approximate surface area is 133 Å². The first-order valence-electron chi connectivity index (χ1n) is 7.11. The predicted octanol–water partition coefficient (Wildman–Crippen LogP) is 3.31. The van der Waals surface area contributed by atoms with Gasteiger partial charge in [-0.05, 0) is 46.7 Å². The number of benzene rings is 1. The molecule has 2 aromatic rings. The van der Waals surface area contributed by atoms with E-state index >= 15 is 0 Å². The number of halogens is 1. The van der Waals surface area contributed by atoms with E-state index in [1.807, 2.05) is 16.8 Å². The highest BCUT2D eigenvalue weighted by atomic mass is 35.5. The van der Waals surface area contributed by atoms with Crippen molar-refractivity contribution in [1.82, 2.24) is 25.5 Å². The Bertz CT molecular complexity index is 624. The molecule has 0 amide bonds. The lowest BCUT2D eigenvalue weighted by atomic mass is 10.2. The summed E-state index contributed by atoms with van der Waals surface area (Å²) < 4.78 is 1.91. The Morgan fingerprint density at radius 1 is 1.43 bits per heavy atom. The van der Waals surface area contributed by atoms with Crippen molar-refractivity contribution >= 4 is 23.4 Å². The van der Waals surface area contributed by atoms with Crippen molar-refractivity contribution in [1.29, 1.82) is 0 Å². The van der Waals surface area contributed by atoms with E-state index in [1.165, 1.54) is 5.56 Å². The zero-order valence-electron chi connectivity index (χ0n) is 12.1. The highest BCUT2D eigenvalue weighted by Crippen LogP contribution is 2.40. The first kappa shape index (κ1) is 14.8. The quantitative estimate of drug-likeness (QED) is 0.884. The summed E-state index contributed by atoms with van der Waals surface area (Å²) in [5, 5.41) is 17.0. The van der Waals surface area contributed by atoms with E-state index in [2.05, 4.69) is 40.8 Å². The van der Waals surface area contributed by atoms with Crippen LogP contribution in [0.15, 0.2) is 28.3 Å². The fourth-order valence-electron chi connectivity index (χ4n) is 2.01. The van der Waals surface area contributed by atoms with Crippen LogP contribution in [0.3, 0.4) is 0 Å².